The highest BCUT2D eigenvalue weighted by molar-refractivity contribution is 9.11. The maximum absolute atomic E-state index is 11.6. The molecule has 0 atom stereocenters. The van der Waals surface area contributed by atoms with E-state index in [1.165, 1.54) is 0 Å². The number of nitrogens with zero attached hydrogens (tertiary/aromatic N) is 1. The summed E-state index contributed by atoms with van der Waals surface area (Å²) in [6, 6.07) is 0. The van der Waals surface area contributed by atoms with E-state index in [2.05, 4.69) is 15.9 Å². The van der Waals surface area contributed by atoms with Crippen molar-refractivity contribution in [1.82, 2.24) is 4.90 Å². The fourth-order valence-corrected chi connectivity index (χ4v) is 1.46. The van der Waals surface area contributed by atoms with Crippen molar-refractivity contribution >= 4 is 22.0 Å². The van der Waals surface area contributed by atoms with Crippen molar-refractivity contribution in [3.8, 4) is 0 Å². The van der Waals surface area contributed by atoms with Gasteiger partial charge in [-0.3, -0.25) is 0 Å². The number of carbonyl (C=O) groups excluding carboxylic acids is 1. The molecule has 0 aromatic heterocycles. The molecule has 0 saturated carbocycles. The van der Waals surface area contributed by atoms with Gasteiger partial charge < -0.3 is 9.64 Å². The molecule has 14 heavy (non-hydrogen) atoms. The number of carbonyl (C=O) groups is 1. The average molecular weight is 262 g/mol. The summed E-state index contributed by atoms with van der Waals surface area (Å²) in [6.07, 6.45) is 2.64. The van der Waals surface area contributed by atoms with E-state index in [1.54, 1.807) is 4.90 Å². The van der Waals surface area contributed by atoms with Crippen molar-refractivity contribution in [2.24, 2.45) is 0 Å². The molecule has 0 aromatic carbocycles. The van der Waals surface area contributed by atoms with Crippen LogP contribution in [0.15, 0.2) is 10.6 Å². The highest BCUT2D eigenvalue weighted by Gasteiger charge is 2.22. The number of rotatable bonds is 0. The molecule has 0 aliphatic carbocycles. The molecule has 0 fully saturated rings. The first-order valence-corrected chi connectivity index (χ1v) is 5.50. The smallest absolute Gasteiger partial charge is 0.410 e. The second-order valence-electron chi connectivity index (χ2n) is 4.33. The minimum absolute atomic E-state index is 0.228. The van der Waals surface area contributed by atoms with Crippen molar-refractivity contribution in [2.45, 2.75) is 32.8 Å². The summed E-state index contributed by atoms with van der Waals surface area (Å²) in [4.78, 5) is 13.3. The van der Waals surface area contributed by atoms with Gasteiger partial charge >= 0.3 is 6.09 Å². The van der Waals surface area contributed by atoms with Gasteiger partial charge in [0.25, 0.3) is 0 Å². The first kappa shape index (κ1) is 11.6. The molecule has 1 amide bonds. The molecule has 0 aromatic rings. The summed E-state index contributed by atoms with van der Waals surface area (Å²) < 4.78 is 6.42. The molecule has 1 rings (SSSR count). The van der Waals surface area contributed by atoms with Crippen LogP contribution in [-0.2, 0) is 4.74 Å². The van der Waals surface area contributed by atoms with Crippen LogP contribution >= 0.6 is 15.9 Å². The fourth-order valence-electron chi connectivity index (χ4n) is 1.14. The van der Waals surface area contributed by atoms with Gasteiger partial charge in [0.1, 0.15) is 5.60 Å². The lowest BCUT2D eigenvalue weighted by molar-refractivity contribution is 0.0268. The van der Waals surface area contributed by atoms with Crippen LogP contribution in [0.25, 0.3) is 0 Å². The SMILES string of the molecule is CC(C)(C)OC(=O)N1CC=C(Br)CC1. The third-order valence-corrected chi connectivity index (χ3v) is 2.53. The Morgan fingerprint density at radius 3 is 2.64 bits per heavy atom. The predicted molar refractivity (Wildman–Crippen MR) is 59.4 cm³/mol. The van der Waals surface area contributed by atoms with Crippen LogP contribution in [0.1, 0.15) is 27.2 Å². The van der Waals surface area contributed by atoms with Crippen LogP contribution in [0, 0.1) is 0 Å². The molecule has 0 bridgehead atoms. The van der Waals surface area contributed by atoms with Gasteiger partial charge in [0.2, 0.25) is 0 Å². The summed E-state index contributed by atoms with van der Waals surface area (Å²) in [5.41, 5.74) is -0.407. The van der Waals surface area contributed by atoms with Crippen LogP contribution < -0.4 is 0 Å². The third-order valence-electron chi connectivity index (χ3n) is 1.81. The van der Waals surface area contributed by atoms with Gasteiger partial charge in [-0.25, -0.2) is 4.79 Å². The van der Waals surface area contributed by atoms with Gasteiger partial charge in [-0.05, 0) is 31.7 Å². The van der Waals surface area contributed by atoms with Crippen LogP contribution in [0.3, 0.4) is 0 Å². The standard InChI is InChI=1S/C10H16BrNO2/c1-10(2,3)14-9(13)12-6-4-8(11)5-7-12/h4H,5-7H2,1-3H3. The van der Waals surface area contributed by atoms with Crippen molar-refractivity contribution in [3.63, 3.8) is 0 Å². The Labute approximate surface area is 93.2 Å². The van der Waals surface area contributed by atoms with Crippen LogP contribution in [-0.4, -0.2) is 29.7 Å². The molecule has 1 aliphatic heterocycles. The third kappa shape index (κ3) is 3.70. The molecule has 0 radical (unpaired) electrons. The molecule has 1 heterocycles. The highest BCUT2D eigenvalue weighted by atomic mass is 79.9. The number of ether oxygens (including phenoxy) is 1. The second-order valence-corrected chi connectivity index (χ2v) is 5.35. The molecule has 0 spiro atoms. The molecular formula is C10H16BrNO2. The van der Waals surface area contributed by atoms with Crippen molar-refractivity contribution in [2.75, 3.05) is 13.1 Å². The van der Waals surface area contributed by atoms with E-state index in [1.807, 2.05) is 26.8 Å². The van der Waals surface area contributed by atoms with Crippen molar-refractivity contribution < 1.29 is 9.53 Å². The first-order chi connectivity index (χ1) is 6.38. The Hall–Kier alpha value is -0.510. The lowest BCUT2D eigenvalue weighted by Crippen LogP contribution is -2.38. The number of halogens is 1. The van der Waals surface area contributed by atoms with Gasteiger partial charge in [-0.2, -0.15) is 0 Å². The summed E-state index contributed by atoms with van der Waals surface area (Å²) in [5.74, 6) is 0. The van der Waals surface area contributed by atoms with Gasteiger partial charge in [0, 0.05) is 13.1 Å². The molecule has 0 N–H and O–H groups in total. The maximum Gasteiger partial charge on any atom is 0.410 e. The molecule has 80 valence electrons. The lowest BCUT2D eigenvalue weighted by atomic mass is 10.2. The van der Waals surface area contributed by atoms with E-state index >= 15 is 0 Å². The zero-order valence-corrected chi connectivity index (χ0v) is 10.4. The summed E-state index contributed by atoms with van der Waals surface area (Å²) in [7, 11) is 0. The highest BCUT2D eigenvalue weighted by Crippen LogP contribution is 2.18. The summed E-state index contributed by atoms with van der Waals surface area (Å²) in [5, 5.41) is 0. The zero-order chi connectivity index (χ0) is 10.8. The van der Waals surface area contributed by atoms with Gasteiger partial charge in [-0.1, -0.05) is 22.0 Å². The Morgan fingerprint density at radius 1 is 1.57 bits per heavy atom. The normalized spacial score (nSPS) is 17.7. The van der Waals surface area contributed by atoms with E-state index in [0.29, 0.717) is 6.54 Å². The van der Waals surface area contributed by atoms with E-state index in [-0.39, 0.29) is 6.09 Å². The first-order valence-electron chi connectivity index (χ1n) is 4.71. The minimum Gasteiger partial charge on any atom is -0.444 e. The van der Waals surface area contributed by atoms with E-state index < -0.39 is 5.60 Å². The predicted octanol–water partition coefficient (Wildman–Crippen LogP) is 2.91. The van der Waals surface area contributed by atoms with E-state index in [9.17, 15) is 4.79 Å². The van der Waals surface area contributed by atoms with E-state index in [0.717, 1.165) is 17.4 Å². The maximum atomic E-state index is 11.6. The van der Waals surface area contributed by atoms with Gasteiger partial charge in [-0.15, -0.1) is 0 Å². The fraction of sp³-hybridized carbons (Fsp3) is 0.700. The molecule has 4 heteroatoms. The van der Waals surface area contributed by atoms with Crippen LogP contribution in [0.4, 0.5) is 4.79 Å². The largest absolute Gasteiger partial charge is 0.444 e. The molecular weight excluding hydrogens is 246 g/mol. The topological polar surface area (TPSA) is 29.5 Å². The average Bonchev–Trinajstić information content (AvgIpc) is 2.02. The Kier molecular flexibility index (Phi) is 3.59. The van der Waals surface area contributed by atoms with Gasteiger partial charge in [0.05, 0.1) is 0 Å². The number of hydrogen-bond donors (Lipinski definition) is 0. The number of hydrogen-bond acceptors (Lipinski definition) is 2. The zero-order valence-electron chi connectivity index (χ0n) is 8.84. The Morgan fingerprint density at radius 2 is 2.21 bits per heavy atom. The second kappa shape index (κ2) is 4.34. The summed E-state index contributed by atoms with van der Waals surface area (Å²) in [6.45, 7) is 6.99. The van der Waals surface area contributed by atoms with Crippen molar-refractivity contribution in [3.05, 3.63) is 10.6 Å². The number of amides is 1. The lowest BCUT2D eigenvalue weighted by Gasteiger charge is -2.28. The summed E-state index contributed by atoms with van der Waals surface area (Å²) >= 11 is 3.41. The van der Waals surface area contributed by atoms with Crippen LogP contribution in [0.2, 0.25) is 0 Å². The van der Waals surface area contributed by atoms with Gasteiger partial charge in [0.15, 0.2) is 0 Å². The molecule has 0 saturated heterocycles. The van der Waals surface area contributed by atoms with Crippen LogP contribution in [0.5, 0.6) is 0 Å². The molecule has 0 unspecified atom stereocenters. The Balaban J connectivity index is 2.47. The van der Waals surface area contributed by atoms with Crippen molar-refractivity contribution in [1.29, 1.82) is 0 Å². The monoisotopic (exact) mass is 261 g/mol. The molecule has 1 aliphatic rings. The Bertz CT molecular complexity index is 255. The molecule has 3 nitrogen and oxygen atoms in total. The quantitative estimate of drug-likeness (QED) is 0.671. The van der Waals surface area contributed by atoms with E-state index in [4.69, 9.17) is 4.74 Å². The minimum atomic E-state index is -0.407.